The van der Waals surface area contributed by atoms with Crippen LogP contribution < -0.4 is 0 Å². The van der Waals surface area contributed by atoms with Gasteiger partial charge in [-0.1, -0.05) is 24.3 Å². The molecule has 0 N–H and O–H groups in total. The van der Waals surface area contributed by atoms with E-state index in [1.807, 2.05) is 11.4 Å². The lowest BCUT2D eigenvalue weighted by Gasteiger charge is -2.30. The Balaban J connectivity index is 1.48. The lowest BCUT2D eigenvalue weighted by Crippen LogP contribution is -2.31. The molecule has 0 atom stereocenters. The van der Waals surface area contributed by atoms with E-state index >= 15 is 0 Å². The van der Waals surface area contributed by atoms with Gasteiger partial charge in [0, 0.05) is 47.8 Å². The quantitative estimate of drug-likeness (QED) is 0.422. The number of benzene rings is 1. The molecule has 1 saturated heterocycles. The van der Waals surface area contributed by atoms with E-state index in [0.717, 1.165) is 39.9 Å². The predicted molar refractivity (Wildman–Crippen MR) is 126 cm³/mol. The minimum Gasteiger partial charge on any atom is -0.347 e. The van der Waals surface area contributed by atoms with Gasteiger partial charge in [0.15, 0.2) is 11.4 Å². The Morgan fingerprint density at radius 1 is 1.09 bits per heavy atom. The van der Waals surface area contributed by atoms with E-state index in [1.54, 1.807) is 48.9 Å². The van der Waals surface area contributed by atoms with Crippen LogP contribution in [0.15, 0.2) is 71.3 Å². The van der Waals surface area contributed by atoms with Gasteiger partial charge in [-0.2, -0.15) is 0 Å². The molecule has 0 bridgehead atoms. The summed E-state index contributed by atoms with van der Waals surface area (Å²) in [5.41, 5.74) is 3.29. The molecule has 9 heteroatoms. The maximum atomic E-state index is 13.4. The smallest absolute Gasteiger partial charge is 0.269 e. The fraction of sp³-hybridized carbons (Fsp3) is 0.250. The molecule has 1 aliphatic heterocycles. The summed E-state index contributed by atoms with van der Waals surface area (Å²) in [5.74, 6) is -0.486. The van der Waals surface area contributed by atoms with Gasteiger partial charge in [-0.15, -0.1) is 11.3 Å². The molecule has 0 unspecified atom stereocenters. The molecule has 7 nitrogen and oxygen atoms in total. The normalized spacial score (nSPS) is 18.1. The van der Waals surface area contributed by atoms with Crippen molar-refractivity contribution < 1.29 is 17.9 Å². The van der Waals surface area contributed by atoms with E-state index < -0.39 is 15.8 Å². The minimum absolute atomic E-state index is 0.218. The van der Waals surface area contributed by atoms with Crippen LogP contribution in [0.4, 0.5) is 0 Å². The SMILES string of the molecule is O=S(=O)(c1ccccc1)n1cc(-c2nccs2)c2cc(C3=CCC4(CC3)OCCO4)cnc21. The summed E-state index contributed by atoms with van der Waals surface area (Å²) in [7, 11) is -3.81. The summed E-state index contributed by atoms with van der Waals surface area (Å²) in [6.45, 7) is 1.27. The van der Waals surface area contributed by atoms with Gasteiger partial charge in [0.05, 0.1) is 18.1 Å². The van der Waals surface area contributed by atoms with Crippen LogP contribution in [0.2, 0.25) is 0 Å². The molecule has 1 spiro atoms. The number of hydrogen-bond donors (Lipinski definition) is 0. The van der Waals surface area contributed by atoms with Crippen LogP contribution in [-0.4, -0.2) is 41.4 Å². The van der Waals surface area contributed by atoms with Gasteiger partial charge in [0.1, 0.15) is 5.01 Å². The van der Waals surface area contributed by atoms with Crippen molar-refractivity contribution in [1.29, 1.82) is 0 Å². The Labute approximate surface area is 195 Å². The van der Waals surface area contributed by atoms with Gasteiger partial charge in [-0.05, 0) is 35.8 Å². The summed E-state index contributed by atoms with van der Waals surface area (Å²) in [6.07, 6.45) is 9.55. The molecule has 0 saturated carbocycles. The second kappa shape index (κ2) is 7.88. The van der Waals surface area contributed by atoms with Crippen LogP contribution in [0, 0.1) is 0 Å². The number of ether oxygens (including phenoxy) is 2. The number of allylic oxidation sites excluding steroid dienone is 1. The molecule has 2 aliphatic rings. The monoisotopic (exact) mass is 479 g/mol. The average molecular weight is 480 g/mol. The van der Waals surface area contributed by atoms with Crippen LogP contribution in [0.1, 0.15) is 24.8 Å². The lowest BCUT2D eigenvalue weighted by atomic mass is 9.90. The summed E-state index contributed by atoms with van der Waals surface area (Å²) in [5, 5.41) is 3.40. The molecule has 1 aliphatic carbocycles. The lowest BCUT2D eigenvalue weighted by molar-refractivity contribution is -0.159. The fourth-order valence-corrected chi connectivity index (χ4v) is 6.51. The van der Waals surface area contributed by atoms with Crippen LogP contribution in [-0.2, 0) is 19.5 Å². The number of hydrogen-bond acceptors (Lipinski definition) is 7. The summed E-state index contributed by atoms with van der Waals surface area (Å²) in [4.78, 5) is 9.27. The first-order valence-electron chi connectivity index (χ1n) is 10.7. The maximum absolute atomic E-state index is 13.4. The number of fused-ring (bicyclic) bond motifs is 1. The molecule has 33 heavy (non-hydrogen) atoms. The van der Waals surface area contributed by atoms with Gasteiger partial charge in [-0.25, -0.2) is 22.4 Å². The van der Waals surface area contributed by atoms with Crippen LogP contribution in [0.3, 0.4) is 0 Å². The molecule has 168 valence electrons. The summed E-state index contributed by atoms with van der Waals surface area (Å²) >= 11 is 1.47. The Morgan fingerprint density at radius 2 is 1.91 bits per heavy atom. The second-order valence-electron chi connectivity index (χ2n) is 8.13. The fourth-order valence-electron chi connectivity index (χ4n) is 4.50. The first-order chi connectivity index (χ1) is 16.1. The molecule has 1 aromatic carbocycles. The van der Waals surface area contributed by atoms with E-state index in [2.05, 4.69) is 16.0 Å². The first kappa shape index (κ1) is 20.7. The van der Waals surface area contributed by atoms with Crippen molar-refractivity contribution in [3.63, 3.8) is 0 Å². The van der Waals surface area contributed by atoms with Gasteiger partial charge in [0.2, 0.25) is 0 Å². The standard InChI is InChI=1S/C24H21N3O4S2/c28-33(29,19-4-2-1-3-5-19)27-16-21(23-25-10-13-32-23)20-14-18(15-26-22(20)27)17-6-8-24(9-7-17)30-11-12-31-24/h1-6,10,13-16H,7-9,11-12H2. The van der Waals surface area contributed by atoms with Gasteiger partial charge in [-0.3, -0.25) is 0 Å². The highest BCUT2D eigenvalue weighted by Gasteiger charge is 2.37. The van der Waals surface area contributed by atoms with Crippen molar-refractivity contribution in [2.75, 3.05) is 13.2 Å². The van der Waals surface area contributed by atoms with Gasteiger partial charge >= 0.3 is 0 Å². The third-order valence-electron chi connectivity index (χ3n) is 6.19. The van der Waals surface area contributed by atoms with E-state index in [4.69, 9.17) is 9.47 Å². The largest absolute Gasteiger partial charge is 0.347 e. The van der Waals surface area contributed by atoms with Crippen molar-refractivity contribution in [3.8, 4) is 10.6 Å². The molecular formula is C24H21N3O4S2. The molecule has 0 radical (unpaired) electrons. The number of nitrogens with zero attached hydrogens (tertiary/aromatic N) is 3. The van der Waals surface area contributed by atoms with Crippen molar-refractivity contribution in [2.24, 2.45) is 0 Å². The van der Waals surface area contributed by atoms with Crippen LogP contribution >= 0.6 is 11.3 Å². The zero-order valence-corrected chi connectivity index (χ0v) is 19.3. The van der Waals surface area contributed by atoms with Crippen LogP contribution in [0.25, 0.3) is 27.2 Å². The third-order valence-corrected chi connectivity index (χ3v) is 8.66. The van der Waals surface area contributed by atoms with Crippen molar-refractivity contribution in [2.45, 2.75) is 29.9 Å². The number of rotatable bonds is 4. The summed E-state index contributed by atoms with van der Waals surface area (Å²) < 4.78 is 39.8. The van der Waals surface area contributed by atoms with Crippen LogP contribution in [0.5, 0.6) is 0 Å². The first-order valence-corrected chi connectivity index (χ1v) is 13.1. The van der Waals surface area contributed by atoms with E-state index in [9.17, 15) is 8.42 Å². The number of pyridine rings is 1. The van der Waals surface area contributed by atoms with E-state index in [0.29, 0.717) is 25.3 Å². The molecule has 4 aromatic rings. The second-order valence-corrected chi connectivity index (χ2v) is 10.8. The third kappa shape index (κ3) is 3.52. The van der Waals surface area contributed by atoms with E-state index in [-0.39, 0.29) is 4.90 Å². The Morgan fingerprint density at radius 3 is 2.61 bits per heavy atom. The molecule has 0 amide bonds. The van der Waals surface area contributed by atoms with Gasteiger partial charge < -0.3 is 9.47 Å². The molecule has 3 aromatic heterocycles. The topological polar surface area (TPSA) is 83.3 Å². The highest BCUT2D eigenvalue weighted by Crippen LogP contribution is 2.40. The molecule has 6 rings (SSSR count). The maximum Gasteiger partial charge on any atom is 0.269 e. The Bertz CT molecular complexity index is 1450. The highest BCUT2D eigenvalue weighted by atomic mass is 32.2. The molecule has 1 fully saturated rings. The zero-order valence-electron chi connectivity index (χ0n) is 17.7. The predicted octanol–water partition coefficient (Wildman–Crippen LogP) is 4.71. The Hall–Kier alpha value is -2.85. The number of thiazole rings is 1. The molecule has 4 heterocycles. The minimum atomic E-state index is -3.81. The average Bonchev–Trinajstić information content (AvgIpc) is 3.60. The Kier molecular flexibility index (Phi) is 4.95. The number of aromatic nitrogens is 3. The summed E-state index contributed by atoms with van der Waals surface area (Å²) in [6, 6.07) is 10.4. The van der Waals surface area contributed by atoms with Crippen molar-refractivity contribution >= 4 is 38.0 Å². The van der Waals surface area contributed by atoms with Crippen molar-refractivity contribution in [3.05, 3.63) is 72.0 Å². The molecular weight excluding hydrogens is 458 g/mol. The van der Waals surface area contributed by atoms with Gasteiger partial charge in [0.25, 0.3) is 10.0 Å². The zero-order chi connectivity index (χ0) is 22.5. The van der Waals surface area contributed by atoms with E-state index in [1.165, 1.54) is 15.3 Å². The van der Waals surface area contributed by atoms with Crippen molar-refractivity contribution in [1.82, 2.24) is 13.9 Å². The highest BCUT2D eigenvalue weighted by molar-refractivity contribution is 7.90.